The SMILES string of the molecule is C[C@@H]1CC2C[C@H](C)CC(c3ccc(-c4nc(-c5ccc(C67CC(C[C@@H](C)C6)C[C@H](C)C7)cc5)nc(-c5cc(C#N)c6cc(C#N)ccc6c5)n4)cc3)(C2)C1. The maximum absolute atomic E-state index is 10.2. The predicted octanol–water partition coefficient (Wildman–Crippen LogP) is 12.0. The van der Waals surface area contributed by atoms with Crippen molar-refractivity contribution in [2.45, 2.75) is 103 Å². The van der Waals surface area contributed by atoms with Crippen molar-refractivity contribution >= 4 is 10.8 Å². The van der Waals surface area contributed by atoms with E-state index in [9.17, 15) is 10.5 Å². The molecule has 4 fully saturated rings. The van der Waals surface area contributed by atoms with Crippen molar-refractivity contribution < 1.29 is 0 Å². The van der Waals surface area contributed by atoms with E-state index in [1.54, 1.807) is 12.1 Å². The Balaban J connectivity index is 1.13. The van der Waals surface area contributed by atoms with Gasteiger partial charge in [0.2, 0.25) is 0 Å². The van der Waals surface area contributed by atoms with Gasteiger partial charge in [0, 0.05) is 22.1 Å². The molecule has 4 aliphatic carbocycles. The first-order valence-electron chi connectivity index (χ1n) is 20.5. The van der Waals surface area contributed by atoms with Crippen LogP contribution in [0.4, 0.5) is 0 Å². The molecule has 0 saturated heterocycles. The second-order valence-corrected chi connectivity index (χ2v) is 18.5. The van der Waals surface area contributed by atoms with Crippen LogP contribution in [0, 0.1) is 58.2 Å². The monoisotopic (exact) mass is 709 g/mol. The van der Waals surface area contributed by atoms with Gasteiger partial charge in [-0.1, -0.05) is 82.3 Å². The fourth-order valence-electron chi connectivity index (χ4n) is 12.5. The van der Waals surface area contributed by atoms with Gasteiger partial charge in [0.15, 0.2) is 17.5 Å². The average Bonchev–Trinajstić information content (AvgIpc) is 3.16. The van der Waals surface area contributed by atoms with E-state index >= 15 is 0 Å². The average molecular weight is 710 g/mol. The molecule has 0 radical (unpaired) electrons. The summed E-state index contributed by atoms with van der Waals surface area (Å²) in [4.78, 5) is 15.4. The highest BCUT2D eigenvalue weighted by Crippen LogP contribution is 2.55. The molecule has 4 bridgehead atoms. The molecule has 9 rings (SSSR count). The molecule has 272 valence electrons. The lowest BCUT2D eigenvalue weighted by Gasteiger charge is -2.50. The number of nitriles is 2. The highest BCUT2D eigenvalue weighted by atomic mass is 15.0. The number of benzene rings is 4. The molecule has 5 aromatic rings. The summed E-state index contributed by atoms with van der Waals surface area (Å²) >= 11 is 0. The molecule has 4 unspecified atom stereocenters. The van der Waals surface area contributed by atoms with Crippen LogP contribution < -0.4 is 0 Å². The molecule has 8 atom stereocenters. The van der Waals surface area contributed by atoms with Crippen molar-refractivity contribution in [1.29, 1.82) is 10.5 Å². The molecular formula is C49H51N5. The summed E-state index contributed by atoms with van der Waals surface area (Å²) < 4.78 is 0. The van der Waals surface area contributed by atoms with Crippen LogP contribution in [0.2, 0.25) is 0 Å². The highest BCUT2D eigenvalue weighted by Gasteiger charge is 2.46. The van der Waals surface area contributed by atoms with E-state index in [0.717, 1.165) is 63.0 Å². The number of nitrogens with zero attached hydrogens (tertiary/aromatic N) is 5. The van der Waals surface area contributed by atoms with Gasteiger partial charge in [-0.25, -0.2) is 15.0 Å². The second kappa shape index (κ2) is 13.5. The van der Waals surface area contributed by atoms with Crippen LogP contribution >= 0.6 is 0 Å². The van der Waals surface area contributed by atoms with Crippen molar-refractivity contribution in [1.82, 2.24) is 15.0 Å². The van der Waals surface area contributed by atoms with Crippen molar-refractivity contribution in [3.05, 3.63) is 101 Å². The summed E-state index contributed by atoms with van der Waals surface area (Å²) in [6.07, 6.45) is 13.1. The molecule has 54 heavy (non-hydrogen) atoms. The van der Waals surface area contributed by atoms with Gasteiger partial charge < -0.3 is 0 Å². The Morgan fingerprint density at radius 2 is 0.944 bits per heavy atom. The van der Waals surface area contributed by atoms with Crippen LogP contribution in [-0.4, -0.2) is 15.0 Å². The number of hydrogen-bond donors (Lipinski definition) is 0. The zero-order chi connectivity index (χ0) is 37.2. The summed E-state index contributed by atoms with van der Waals surface area (Å²) in [5, 5.41) is 21.4. The lowest BCUT2D eigenvalue weighted by Crippen LogP contribution is -2.42. The van der Waals surface area contributed by atoms with Crippen LogP contribution in [0.25, 0.3) is 44.9 Å². The van der Waals surface area contributed by atoms with Gasteiger partial charge in [-0.05, 0) is 151 Å². The summed E-state index contributed by atoms with van der Waals surface area (Å²) in [6, 6.07) is 32.2. The Hall–Kier alpha value is -4.87. The molecular weight excluding hydrogens is 659 g/mol. The quantitative estimate of drug-likeness (QED) is 0.181. The van der Waals surface area contributed by atoms with Gasteiger partial charge in [0.05, 0.1) is 23.3 Å². The van der Waals surface area contributed by atoms with E-state index in [0.29, 0.717) is 28.6 Å². The molecule has 4 aromatic carbocycles. The molecule has 0 N–H and O–H groups in total. The molecule has 1 aromatic heterocycles. The third-order valence-corrected chi connectivity index (χ3v) is 13.9. The maximum atomic E-state index is 10.2. The maximum Gasteiger partial charge on any atom is 0.164 e. The Kier molecular flexibility index (Phi) is 8.69. The summed E-state index contributed by atoms with van der Waals surface area (Å²) in [5.74, 6) is 6.49. The van der Waals surface area contributed by atoms with E-state index in [1.807, 2.05) is 18.2 Å². The number of rotatable bonds is 5. The molecule has 4 saturated carbocycles. The van der Waals surface area contributed by atoms with Crippen molar-refractivity contribution in [2.24, 2.45) is 35.5 Å². The molecule has 1 heterocycles. The molecule has 5 heteroatoms. The van der Waals surface area contributed by atoms with Gasteiger partial charge in [-0.2, -0.15) is 10.5 Å². The van der Waals surface area contributed by atoms with Crippen molar-refractivity contribution in [2.75, 3.05) is 0 Å². The van der Waals surface area contributed by atoms with Gasteiger partial charge in [0.25, 0.3) is 0 Å². The molecule has 4 aliphatic rings. The first-order chi connectivity index (χ1) is 26.1. The topological polar surface area (TPSA) is 86.2 Å². The van der Waals surface area contributed by atoms with Crippen LogP contribution in [0.15, 0.2) is 78.9 Å². The molecule has 5 nitrogen and oxygen atoms in total. The van der Waals surface area contributed by atoms with E-state index in [-0.39, 0.29) is 10.8 Å². The van der Waals surface area contributed by atoms with Crippen molar-refractivity contribution in [3.8, 4) is 46.3 Å². The fraction of sp³-hybridized carbons (Fsp3) is 0.449. The smallest absolute Gasteiger partial charge is 0.164 e. The highest BCUT2D eigenvalue weighted by molar-refractivity contribution is 5.92. The third kappa shape index (κ3) is 6.30. The third-order valence-electron chi connectivity index (χ3n) is 13.9. The minimum atomic E-state index is 0.256. The van der Waals surface area contributed by atoms with Crippen LogP contribution in [0.1, 0.15) is 114 Å². The minimum absolute atomic E-state index is 0.256. The molecule has 0 aliphatic heterocycles. The van der Waals surface area contributed by atoms with Crippen LogP contribution in [-0.2, 0) is 10.8 Å². The van der Waals surface area contributed by atoms with Gasteiger partial charge >= 0.3 is 0 Å². The lowest BCUT2D eigenvalue weighted by atomic mass is 9.54. The van der Waals surface area contributed by atoms with Gasteiger partial charge in [-0.3, -0.25) is 0 Å². The standard InChI is InChI=1S/C49H51N5/c1-30-15-35-16-31(2)23-48(22-30,26-35)42-11-7-37(8-12-42)45-52-46(38-9-13-43(14-10-38)49-24-32(3)17-36(27-49)18-33(4)25-49)54-47(53-45)40-20-39-6-5-34(28-50)19-44(39)41(21-40)29-51/h5-14,19-21,30-33,35-36H,15-18,22-27H2,1-4H3/t30-,31+,32-,33+,35?,36?,48?,49?. The first-order valence-corrected chi connectivity index (χ1v) is 20.5. The van der Waals surface area contributed by atoms with E-state index in [1.165, 1.54) is 75.3 Å². The number of fused-ring (bicyclic) bond motifs is 5. The normalized spacial score (nSPS) is 30.3. The Morgan fingerprint density at radius 1 is 0.500 bits per heavy atom. The first kappa shape index (κ1) is 34.9. The van der Waals surface area contributed by atoms with Gasteiger partial charge in [0.1, 0.15) is 0 Å². The second-order valence-electron chi connectivity index (χ2n) is 18.5. The largest absolute Gasteiger partial charge is 0.208 e. The summed E-state index contributed by atoms with van der Waals surface area (Å²) in [7, 11) is 0. The van der Waals surface area contributed by atoms with Crippen LogP contribution in [0.3, 0.4) is 0 Å². The van der Waals surface area contributed by atoms with E-state index in [2.05, 4.69) is 88.4 Å². The number of aromatic nitrogens is 3. The Labute approximate surface area is 320 Å². The minimum Gasteiger partial charge on any atom is -0.208 e. The summed E-state index contributed by atoms with van der Waals surface area (Å²) in [5.41, 5.74) is 7.16. The summed E-state index contributed by atoms with van der Waals surface area (Å²) in [6.45, 7) is 9.78. The fourth-order valence-corrected chi connectivity index (χ4v) is 12.5. The Bertz CT molecular complexity index is 2170. The predicted molar refractivity (Wildman–Crippen MR) is 216 cm³/mol. The van der Waals surface area contributed by atoms with E-state index < -0.39 is 0 Å². The lowest BCUT2D eigenvalue weighted by molar-refractivity contribution is 0.0779. The zero-order valence-corrected chi connectivity index (χ0v) is 32.3. The van der Waals surface area contributed by atoms with Crippen LogP contribution in [0.5, 0.6) is 0 Å². The number of hydrogen-bond acceptors (Lipinski definition) is 5. The molecule has 0 amide bonds. The van der Waals surface area contributed by atoms with Gasteiger partial charge in [-0.15, -0.1) is 0 Å². The van der Waals surface area contributed by atoms with Crippen molar-refractivity contribution in [3.63, 3.8) is 0 Å². The molecule has 0 spiro atoms. The Morgan fingerprint density at radius 3 is 1.37 bits per heavy atom. The van der Waals surface area contributed by atoms with E-state index in [4.69, 9.17) is 15.0 Å². The zero-order valence-electron chi connectivity index (χ0n) is 32.3.